The van der Waals surface area contributed by atoms with Crippen molar-refractivity contribution in [3.63, 3.8) is 0 Å². The maximum absolute atomic E-state index is 4.19. The second-order valence-corrected chi connectivity index (χ2v) is 7.53. The van der Waals surface area contributed by atoms with Crippen LogP contribution in [0, 0.1) is 6.92 Å². The summed E-state index contributed by atoms with van der Waals surface area (Å²) in [5, 5.41) is 1.50. The molecular formula is C21H23N3. The first-order valence-corrected chi connectivity index (χ1v) is 8.92. The molecular weight excluding hydrogens is 294 g/mol. The Kier molecular flexibility index (Phi) is 3.07. The molecule has 1 atom stereocenters. The van der Waals surface area contributed by atoms with Gasteiger partial charge in [0, 0.05) is 55.4 Å². The zero-order valence-electron chi connectivity index (χ0n) is 14.4. The van der Waals surface area contributed by atoms with Gasteiger partial charge in [0.05, 0.1) is 5.52 Å². The maximum atomic E-state index is 4.19. The first-order chi connectivity index (χ1) is 11.7. The molecule has 3 heteroatoms. The Morgan fingerprint density at radius 3 is 2.83 bits per heavy atom. The van der Waals surface area contributed by atoms with E-state index in [-0.39, 0.29) is 0 Å². The Hall–Kier alpha value is -2.13. The van der Waals surface area contributed by atoms with Crippen molar-refractivity contribution in [1.82, 2.24) is 14.5 Å². The highest BCUT2D eigenvalue weighted by Crippen LogP contribution is 2.40. The van der Waals surface area contributed by atoms with E-state index in [1.807, 2.05) is 12.4 Å². The summed E-state index contributed by atoms with van der Waals surface area (Å²) in [4.78, 5) is 6.64. The Labute approximate surface area is 142 Å². The molecule has 1 aromatic carbocycles. The molecule has 4 heterocycles. The molecule has 0 amide bonds. The number of benzene rings is 1. The van der Waals surface area contributed by atoms with Gasteiger partial charge in [-0.15, -0.1) is 0 Å². The van der Waals surface area contributed by atoms with E-state index in [4.69, 9.17) is 0 Å². The largest absolute Gasteiger partial charge is 0.343 e. The number of likely N-dealkylation sites (N-methyl/N-ethyl adjacent to an activating group) is 1. The lowest BCUT2D eigenvalue weighted by molar-refractivity contribution is 0.308. The minimum absolute atomic E-state index is 0.557. The lowest BCUT2D eigenvalue weighted by Gasteiger charge is -2.28. The van der Waals surface area contributed by atoms with Crippen molar-refractivity contribution >= 4 is 10.9 Å². The first-order valence-electron chi connectivity index (χ1n) is 8.92. The Morgan fingerprint density at radius 1 is 1.17 bits per heavy atom. The molecule has 2 aliphatic rings. The number of hydrogen-bond acceptors (Lipinski definition) is 2. The number of pyridine rings is 1. The van der Waals surface area contributed by atoms with Crippen LogP contribution in [0.1, 0.15) is 33.9 Å². The summed E-state index contributed by atoms with van der Waals surface area (Å²) in [6.45, 7) is 5.59. The summed E-state index contributed by atoms with van der Waals surface area (Å²) in [5.41, 5.74) is 8.98. The molecule has 0 spiro atoms. The van der Waals surface area contributed by atoms with Gasteiger partial charge in [-0.05, 0) is 55.3 Å². The van der Waals surface area contributed by atoms with Crippen molar-refractivity contribution in [3.8, 4) is 0 Å². The third kappa shape index (κ3) is 2.04. The fourth-order valence-electron chi connectivity index (χ4n) is 4.73. The van der Waals surface area contributed by atoms with Gasteiger partial charge in [-0.3, -0.25) is 4.98 Å². The smallest absolute Gasteiger partial charge is 0.0519 e. The van der Waals surface area contributed by atoms with Crippen molar-refractivity contribution in [1.29, 1.82) is 0 Å². The van der Waals surface area contributed by atoms with Crippen molar-refractivity contribution in [2.24, 2.45) is 0 Å². The molecule has 0 saturated carbocycles. The number of hydrogen-bond donors (Lipinski definition) is 0. The molecule has 122 valence electrons. The van der Waals surface area contributed by atoms with Gasteiger partial charge in [-0.2, -0.15) is 0 Å². The summed E-state index contributed by atoms with van der Waals surface area (Å²) in [6.07, 6.45) is 6.16. The monoisotopic (exact) mass is 317 g/mol. The van der Waals surface area contributed by atoms with E-state index in [1.54, 1.807) is 11.3 Å². The first kappa shape index (κ1) is 14.2. The highest BCUT2D eigenvalue weighted by molar-refractivity contribution is 5.90. The fraction of sp³-hybridized carbons (Fsp3) is 0.381. The molecule has 0 bridgehead atoms. The van der Waals surface area contributed by atoms with Gasteiger partial charge in [-0.25, -0.2) is 0 Å². The van der Waals surface area contributed by atoms with Gasteiger partial charge in [0.1, 0.15) is 0 Å². The minimum Gasteiger partial charge on any atom is -0.343 e. The molecule has 0 radical (unpaired) electrons. The predicted octanol–water partition coefficient (Wildman–Crippen LogP) is 3.67. The normalized spacial score (nSPS) is 20.3. The van der Waals surface area contributed by atoms with E-state index in [0.29, 0.717) is 5.92 Å². The van der Waals surface area contributed by atoms with E-state index in [1.165, 1.54) is 34.0 Å². The Balaban J connectivity index is 1.72. The zero-order valence-corrected chi connectivity index (χ0v) is 14.4. The highest BCUT2D eigenvalue weighted by Gasteiger charge is 2.29. The molecule has 3 nitrogen and oxygen atoms in total. The van der Waals surface area contributed by atoms with E-state index in [2.05, 4.69) is 52.7 Å². The number of rotatable bonds is 1. The lowest BCUT2D eigenvalue weighted by Crippen LogP contribution is -2.28. The molecule has 3 aromatic rings. The molecule has 2 aromatic heterocycles. The second-order valence-electron chi connectivity index (χ2n) is 7.53. The van der Waals surface area contributed by atoms with Crippen LogP contribution in [0.5, 0.6) is 0 Å². The molecule has 5 rings (SSSR count). The number of fused-ring (bicyclic) bond motifs is 3. The zero-order chi connectivity index (χ0) is 16.3. The highest BCUT2D eigenvalue weighted by atomic mass is 15.1. The fourth-order valence-corrected chi connectivity index (χ4v) is 4.73. The molecule has 0 fully saturated rings. The number of aryl methyl sites for hydroxylation is 1. The average Bonchev–Trinajstić information content (AvgIpc) is 2.90. The van der Waals surface area contributed by atoms with Gasteiger partial charge in [0.25, 0.3) is 0 Å². The van der Waals surface area contributed by atoms with Crippen LogP contribution in [0.15, 0.2) is 36.7 Å². The van der Waals surface area contributed by atoms with Crippen LogP contribution in [0.25, 0.3) is 10.9 Å². The summed E-state index contributed by atoms with van der Waals surface area (Å²) in [5.74, 6) is 0.557. The van der Waals surface area contributed by atoms with Crippen molar-refractivity contribution in [2.45, 2.75) is 38.8 Å². The van der Waals surface area contributed by atoms with Crippen LogP contribution in [0.4, 0.5) is 0 Å². The molecule has 0 aliphatic carbocycles. The number of nitrogens with zero attached hydrogens (tertiary/aromatic N) is 3. The van der Waals surface area contributed by atoms with Crippen LogP contribution in [-0.2, 0) is 25.9 Å². The van der Waals surface area contributed by atoms with Gasteiger partial charge >= 0.3 is 0 Å². The van der Waals surface area contributed by atoms with E-state index < -0.39 is 0 Å². The third-order valence-electron chi connectivity index (χ3n) is 5.81. The van der Waals surface area contributed by atoms with Gasteiger partial charge in [-0.1, -0.05) is 11.6 Å². The van der Waals surface area contributed by atoms with Crippen molar-refractivity contribution in [3.05, 3.63) is 64.6 Å². The maximum Gasteiger partial charge on any atom is 0.0519 e. The minimum atomic E-state index is 0.557. The summed E-state index contributed by atoms with van der Waals surface area (Å²) < 4.78 is 2.64. The average molecular weight is 317 g/mol. The Bertz CT molecular complexity index is 923. The molecule has 1 unspecified atom stereocenters. The van der Waals surface area contributed by atoms with Gasteiger partial charge < -0.3 is 9.47 Å². The van der Waals surface area contributed by atoms with Gasteiger partial charge in [0.15, 0.2) is 0 Å². The second kappa shape index (κ2) is 5.18. The summed E-state index contributed by atoms with van der Waals surface area (Å²) >= 11 is 0. The molecule has 0 saturated heterocycles. The molecule has 0 N–H and O–H groups in total. The molecule has 2 aliphatic heterocycles. The quantitative estimate of drug-likeness (QED) is 0.683. The van der Waals surface area contributed by atoms with E-state index >= 15 is 0 Å². The van der Waals surface area contributed by atoms with Crippen LogP contribution >= 0.6 is 0 Å². The van der Waals surface area contributed by atoms with Crippen molar-refractivity contribution in [2.75, 3.05) is 13.6 Å². The predicted molar refractivity (Wildman–Crippen MR) is 97.4 cm³/mol. The van der Waals surface area contributed by atoms with Crippen molar-refractivity contribution < 1.29 is 0 Å². The lowest BCUT2D eigenvalue weighted by atomic mass is 9.88. The Morgan fingerprint density at radius 2 is 2.00 bits per heavy atom. The number of aromatic nitrogens is 2. The topological polar surface area (TPSA) is 21.1 Å². The van der Waals surface area contributed by atoms with Crippen LogP contribution in [0.2, 0.25) is 0 Å². The third-order valence-corrected chi connectivity index (χ3v) is 5.81. The van der Waals surface area contributed by atoms with Crippen LogP contribution < -0.4 is 0 Å². The molecule has 24 heavy (non-hydrogen) atoms. The van der Waals surface area contributed by atoms with E-state index in [9.17, 15) is 0 Å². The standard InChI is InChI=1S/C21H23N3/c1-14-9-16-11-17(15-3-6-22-7-4-15)12-24-20-5-8-23(2)13-19(20)18(10-14)21(16)24/h3-4,6-7,9-10,17H,5,8,11-13H2,1-2H3. The summed E-state index contributed by atoms with van der Waals surface area (Å²) in [6, 6.07) is 9.18. The van der Waals surface area contributed by atoms with E-state index in [0.717, 1.165) is 26.1 Å². The van der Waals surface area contributed by atoms with Gasteiger partial charge in [0.2, 0.25) is 0 Å². The van der Waals surface area contributed by atoms with Crippen LogP contribution in [0.3, 0.4) is 0 Å². The SMILES string of the molecule is Cc1cc2c3c(c1)c1c(n3CC(c3ccncc3)C2)CCN(C)C1. The van der Waals surface area contributed by atoms with Crippen LogP contribution in [-0.4, -0.2) is 28.0 Å². The summed E-state index contributed by atoms with van der Waals surface area (Å²) in [7, 11) is 2.24.